The minimum Gasteiger partial charge on any atom is -0.508 e. The van der Waals surface area contributed by atoms with Gasteiger partial charge in [-0.3, -0.25) is 0 Å². The zero-order valence-corrected chi connectivity index (χ0v) is 10.0. The van der Waals surface area contributed by atoms with E-state index < -0.39 is 0 Å². The van der Waals surface area contributed by atoms with Crippen LogP contribution in [0.4, 0.5) is 0 Å². The summed E-state index contributed by atoms with van der Waals surface area (Å²) >= 11 is 0. The molecule has 1 aromatic carbocycles. The summed E-state index contributed by atoms with van der Waals surface area (Å²) in [4.78, 5) is 0. The maximum Gasteiger partial charge on any atom is 0.115 e. The Labute approximate surface area is 102 Å². The smallest absolute Gasteiger partial charge is 0.115 e. The van der Waals surface area contributed by atoms with Crippen molar-refractivity contribution in [3.8, 4) is 5.75 Å². The minimum absolute atomic E-state index is 0. The van der Waals surface area contributed by atoms with Crippen LogP contribution in [0.1, 0.15) is 24.4 Å². The topological polar surface area (TPSA) is 58.3 Å². The highest BCUT2D eigenvalue weighted by molar-refractivity contribution is 5.85. The first-order chi connectivity index (χ1) is 7.27. The fourth-order valence-corrected chi connectivity index (χ4v) is 2.17. The summed E-state index contributed by atoms with van der Waals surface area (Å²) in [5.41, 5.74) is 7.34. The normalized spacial score (nSPS) is 18.8. The van der Waals surface area contributed by atoms with Crippen molar-refractivity contribution >= 4 is 12.4 Å². The highest BCUT2D eigenvalue weighted by atomic mass is 35.5. The van der Waals surface area contributed by atoms with E-state index in [-0.39, 0.29) is 18.4 Å². The quantitative estimate of drug-likeness (QED) is 0.742. The number of benzene rings is 1. The molecule has 90 valence electrons. The third kappa shape index (κ3) is 3.11. The molecule has 0 aromatic heterocycles. The fourth-order valence-electron chi connectivity index (χ4n) is 2.17. The Bertz CT molecular complexity index is 309. The lowest BCUT2D eigenvalue weighted by atomic mass is 9.87. The summed E-state index contributed by atoms with van der Waals surface area (Å²) in [6.45, 7) is 2.13. The van der Waals surface area contributed by atoms with Crippen molar-refractivity contribution in [1.29, 1.82) is 0 Å². The van der Waals surface area contributed by atoms with Crippen LogP contribution >= 0.6 is 12.4 Å². The van der Waals surface area contributed by atoms with Crippen molar-refractivity contribution in [2.75, 3.05) is 13.1 Å². The molecule has 1 aliphatic rings. The number of nitrogens with two attached hydrogens (primary N) is 1. The van der Waals surface area contributed by atoms with E-state index in [0.29, 0.717) is 11.7 Å². The molecule has 1 saturated heterocycles. The molecule has 1 heterocycles. The van der Waals surface area contributed by atoms with Gasteiger partial charge < -0.3 is 16.2 Å². The van der Waals surface area contributed by atoms with E-state index in [0.717, 1.165) is 31.5 Å². The third-order valence-electron chi connectivity index (χ3n) is 3.17. The van der Waals surface area contributed by atoms with Crippen molar-refractivity contribution in [3.05, 3.63) is 29.8 Å². The predicted octanol–water partition coefficient (Wildman–Crippen LogP) is 1.81. The van der Waals surface area contributed by atoms with E-state index in [9.17, 15) is 5.11 Å². The second kappa shape index (κ2) is 6.09. The summed E-state index contributed by atoms with van der Waals surface area (Å²) in [5.74, 6) is 0.868. The lowest BCUT2D eigenvalue weighted by Crippen LogP contribution is -2.33. The molecular formula is C12H19ClN2O. The Hall–Kier alpha value is -0.770. The highest BCUT2D eigenvalue weighted by Gasteiger charge is 2.21. The molecule has 1 aliphatic heterocycles. The number of phenols is 1. The molecule has 0 radical (unpaired) electrons. The van der Waals surface area contributed by atoms with Gasteiger partial charge in [0.2, 0.25) is 0 Å². The highest BCUT2D eigenvalue weighted by Crippen LogP contribution is 2.27. The first kappa shape index (κ1) is 13.3. The Morgan fingerprint density at radius 3 is 2.31 bits per heavy atom. The van der Waals surface area contributed by atoms with Crippen molar-refractivity contribution < 1.29 is 5.11 Å². The van der Waals surface area contributed by atoms with Gasteiger partial charge in [-0.2, -0.15) is 0 Å². The van der Waals surface area contributed by atoms with Crippen LogP contribution in [0.5, 0.6) is 5.75 Å². The molecule has 3 nitrogen and oxygen atoms in total. The number of hydrogen-bond donors (Lipinski definition) is 3. The van der Waals surface area contributed by atoms with Gasteiger partial charge >= 0.3 is 0 Å². The Kier molecular flexibility index (Phi) is 5.06. The standard InChI is InChI=1S/C12H18N2O.ClH/c13-12(10-5-7-14-8-6-10)9-1-3-11(15)4-2-9;/h1-4,10,12,14-15H,5-8,13H2;1H/t12-;/m0./s1. The van der Waals surface area contributed by atoms with Crippen molar-refractivity contribution in [3.63, 3.8) is 0 Å². The monoisotopic (exact) mass is 242 g/mol. The van der Waals surface area contributed by atoms with Crippen LogP contribution in [0.25, 0.3) is 0 Å². The summed E-state index contributed by atoms with van der Waals surface area (Å²) in [6, 6.07) is 7.35. The first-order valence-corrected chi connectivity index (χ1v) is 5.52. The molecule has 0 aliphatic carbocycles. The number of hydrogen-bond acceptors (Lipinski definition) is 3. The SMILES string of the molecule is Cl.N[C@@H](c1ccc(O)cc1)C1CCNCC1. The van der Waals surface area contributed by atoms with E-state index >= 15 is 0 Å². The zero-order chi connectivity index (χ0) is 10.7. The maximum absolute atomic E-state index is 9.20. The number of aromatic hydroxyl groups is 1. The third-order valence-corrected chi connectivity index (χ3v) is 3.17. The van der Waals surface area contributed by atoms with Crippen molar-refractivity contribution in [2.45, 2.75) is 18.9 Å². The molecule has 0 bridgehead atoms. The van der Waals surface area contributed by atoms with Crippen LogP contribution in [0.15, 0.2) is 24.3 Å². The first-order valence-electron chi connectivity index (χ1n) is 5.52. The molecule has 0 amide bonds. The van der Waals surface area contributed by atoms with Crippen LogP contribution in [0.2, 0.25) is 0 Å². The van der Waals surface area contributed by atoms with Crippen LogP contribution in [-0.4, -0.2) is 18.2 Å². The van der Waals surface area contributed by atoms with Gasteiger partial charge in [0.25, 0.3) is 0 Å². The number of phenolic OH excluding ortho intramolecular Hbond substituents is 1. The lowest BCUT2D eigenvalue weighted by molar-refractivity contribution is 0.322. The Morgan fingerprint density at radius 1 is 1.19 bits per heavy atom. The predicted molar refractivity (Wildman–Crippen MR) is 67.9 cm³/mol. The zero-order valence-electron chi connectivity index (χ0n) is 9.23. The van der Waals surface area contributed by atoms with Gasteiger partial charge in [0.05, 0.1) is 0 Å². The second-order valence-electron chi connectivity index (χ2n) is 4.20. The van der Waals surface area contributed by atoms with E-state index in [1.807, 2.05) is 12.1 Å². The van der Waals surface area contributed by atoms with Gasteiger partial charge in [0.1, 0.15) is 5.75 Å². The van der Waals surface area contributed by atoms with Gasteiger partial charge in [-0.15, -0.1) is 12.4 Å². The molecule has 0 spiro atoms. The van der Waals surface area contributed by atoms with Gasteiger partial charge in [-0.05, 0) is 49.5 Å². The summed E-state index contributed by atoms with van der Waals surface area (Å²) in [7, 11) is 0. The molecule has 0 unspecified atom stereocenters. The number of halogens is 1. The minimum atomic E-state index is 0. The molecule has 1 atom stereocenters. The van der Waals surface area contributed by atoms with E-state index in [1.165, 1.54) is 0 Å². The van der Waals surface area contributed by atoms with Gasteiger partial charge in [-0.1, -0.05) is 12.1 Å². The van der Waals surface area contributed by atoms with Gasteiger partial charge in [-0.25, -0.2) is 0 Å². The molecule has 1 fully saturated rings. The van der Waals surface area contributed by atoms with Crippen LogP contribution < -0.4 is 11.1 Å². The fraction of sp³-hybridized carbons (Fsp3) is 0.500. The van der Waals surface area contributed by atoms with E-state index in [2.05, 4.69) is 5.32 Å². The average molecular weight is 243 g/mol. The number of piperidine rings is 1. The molecule has 1 aromatic rings. The van der Waals surface area contributed by atoms with E-state index in [4.69, 9.17) is 5.73 Å². The molecule has 0 saturated carbocycles. The van der Waals surface area contributed by atoms with Crippen molar-refractivity contribution in [1.82, 2.24) is 5.32 Å². The largest absolute Gasteiger partial charge is 0.508 e. The number of nitrogens with one attached hydrogen (secondary N) is 1. The number of rotatable bonds is 2. The molecular weight excluding hydrogens is 224 g/mol. The van der Waals surface area contributed by atoms with Gasteiger partial charge in [0, 0.05) is 6.04 Å². The summed E-state index contributed by atoms with van der Waals surface area (Å²) in [6.07, 6.45) is 2.28. The molecule has 4 heteroatoms. The van der Waals surface area contributed by atoms with Crippen LogP contribution in [0, 0.1) is 5.92 Å². The van der Waals surface area contributed by atoms with E-state index in [1.54, 1.807) is 12.1 Å². The van der Waals surface area contributed by atoms with Crippen LogP contribution in [-0.2, 0) is 0 Å². The maximum atomic E-state index is 9.20. The lowest BCUT2D eigenvalue weighted by Gasteiger charge is -2.28. The summed E-state index contributed by atoms with van der Waals surface area (Å²) < 4.78 is 0. The average Bonchev–Trinajstić information content (AvgIpc) is 2.30. The Morgan fingerprint density at radius 2 is 1.75 bits per heavy atom. The van der Waals surface area contributed by atoms with Gasteiger partial charge in [0.15, 0.2) is 0 Å². The second-order valence-corrected chi connectivity index (χ2v) is 4.20. The van der Waals surface area contributed by atoms with Crippen LogP contribution in [0.3, 0.4) is 0 Å². The molecule has 16 heavy (non-hydrogen) atoms. The summed E-state index contributed by atoms with van der Waals surface area (Å²) in [5, 5.41) is 12.5. The molecule has 2 rings (SSSR count). The molecule has 4 N–H and O–H groups in total. The Balaban J connectivity index is 0.00000128. The van der Waals surface area contributed by atoms with Crippen molar-refractivity contribution in [2.24, 2.45) is 11.7 Å².